The normalized spacial score (nSPS) is 17.0. The van der Waals surface area contributed by atoms with Gasteiger partial charge in [-0.2, -0.15) is 0 Å². The summed E-state index contributed by atoms with van der Waals surface area (Å²) in [7, 11) is 0. The lowest BCUT2D eigenvalue weighted by Gasteiger charge is -2.16. The van der Waals surface area contributed by atoms with Crippen LogP contribution in [-0.4, -0.2) is 47.4 Å². The van der Waals surface area contributed by atoms with Gasteiger partial charge < -0.3 is 10.2 Å². The Bertz CT molecular complexity index is 289. The van der Waals surface area contributed by atoms with Crippen LogP contribution in [0.4, 0.5) is 0 Å². The molecular weight excluding hydrogens is 248 g/mol. The zero-order valence-corrected chi connectivity index (χ0v) is 12.4. The number of carbonyl (C=O) groups excluding carboxylic acids is 2. The van der Waals surface area contributed by atoms with Crippen molar-refractivity contribution >= 4 is 23.6 Å². The number of nitrogens with zero attached hydrogens (tertiary/aromatic N) is 1. The third kappa shape index (κ3) is 5.29. The lowest BCUT2D eigenvalue weighted by atomic mass is 10.2. The predicted octanol–water partition coefficient (Wildman–Crippen LogP) is 1.50. The van der Waals surface area contributed by atoms with Crippen LogP contribution >= 0.6 is 11.8 Å². The third-order valence-corrected chi connectivity index (χ3v) is 4.81. The fourth-order valence-corrected chi connectivity index (χ4v) is 2.60. The number of likely N-dealkylation sites (tertiary alicyclic amines) is 1. The van der Waals surface area contributed by atoms with Crippen molar-refractivity contribution in [3.8, 4) is 0 Å². The maximum absolute atomic E-state index is 11.7. The summed E-state index contributed by atoms with van der Waals surface area (Å²) >= 11 is 1.64. The van der Waals surface area contributed by atoms with Crippen molar-refractivity contribution < 1.29 is 9.59 Å². The fourth-order valence-electron chi connectivity index (χ4n) is 1.70. The van der Waals surface area contributed by atoms with E-state index in [9.17, 15) is 9.59 Å². The molecule has 0 saturated carbocycles. The summed E-state index contributed by atoms with van der Waals surface area (Å²) < 4.78 is 0. The number of hydrogen-bond acceptors (Lipinski definition) is 3. The second-order valence-corrected chi connectivity index (χ2v) is 6.49. The minimum atomic E-state index is -0.0416. The average Bonchev–Trinajstić information content (AvgIpc) is 2.86. The van der Waals surface area contributed by atoms with E-state index >= 15 is 0 Å². The van der Waals surface area contributed by atoms with Gasteiger partial charge >= 0.3 is 0 Å². The summed E-state index contributed by atoms with van der Waals surface area (Å²) in [5.74, 6) is 1.00. The van der Waals surface area contributed by atoms with E-state index in [1.54, 1.807) is 11.8 Å². The Morgan fingerprint density at radius 3 is 2.39 bits per heavy atom. The molecule has 5 heteroatoms. The number of nitrogens with one attached hydrogen (secondary N) is 1. The van der Waals surface area contributed by atoms with E-state index in [0.29, 0.717) is 16.9 Å². The van der Waals surface area contributed by atoms with Crippen LogP contribution in [0.5, 0.6) is 0 Å². The van der Waals surface area contributed by atoms with Crippen molar-refractivity contribution in [2.75, 3.05) is 25.4 Å². The lowest BCUT2D eigenvalue weighted by molar-refractivity contribution is -0.131. The van der Waals surface area contributed by atoms with Crippen LogP contribution in [-0.2, 0) is 9.59 Å². The number of carbonyl (C=O) groups is 2. The predicted molar refractivity (Wildman–Crippen MR) is 75.6 cm³/mol. The summed E-state index contributed by atoms with van der Waals surface area (Å²) in [6, 6.07) is 0. The highest BCUT2D eigenvalue weighted by Crippen LogP contribution is 2.17. The Kier molecular flexibility index (Phi) is 6.54. The summed E-state index contributed by atoms with van der Waals surface area (Å²) in [6.07, 6.45) is 2.17. The van der Waals surface area contributed by atoms with E-state index in [-0.39, 0.29) is 18.4 Å². The molecule has 0 unspecified atom stereocenters. The van der Waals surface area contributed by atoms with Gasteiger partial charge in [0, 0.05) is 18.3 Å². The maximum atomic E-state index is 11.7. The fraction of sp³-hybridized carbons (Fsp3) is 0.846. The van der Waals surface area contributed by atoms with E-state index in [2.05, 4.69) is 26.1 Å². The molecule has 0 aromatic heterocycles. The Balaban J connectivity index is 2.14. The summed E-state index contributed by atoms with van der Waals surface area (Å²) in [5, 5.41) is 3.17. The van der Waals surface area contributed by atoms with Gasteiger partial charge in [-0.05, 0) is 18.8 Å². The molecule has 1 aliphatic rings. The molecule has 0 aromatic carbocycles. The molecule has 0 spiro atoms. The van der Waals surface area contributed by atoms with E-state index in [0.717, 1.165) is 25.9 Å². The van der Waals surface area contributed by atoms with Gasteiger partial charge in [0.05, 0.1) is 12.3 Å². The zero-order valence-electron chi connectivity index (χ0n) is 11.6. The summed E-state index contributed by atoms with van der Waals surface area (Å²) in [5.41, 5.74) is 0. The average molecular weight is 272 g/mol. The molecule has 1 heterocycles. The largest absolute Gasteiger partial charge is 0.346 e. The molecule has 0 aliphatic carbocycles. The number of rotatable bonds is 6. The highest BCUT2D eigenvalue weighted by Gasteiger charge is 2.18. The third-order valence-electron chi connectivity index (χ3n) is 3.31. The van der Waals surface area contributed by atoms with Crippen LogP contribution in [0.2, 0.25) is 0 Å². The van der Waals surface area contributed by atoms with Crippen molar-refractivity contribution in [1.29, 1.82) is 0 Å². The second-order valence-electron chi connectivity index (χ2n) is 5.12. The minimum Gasteiger partial charge on any atom is -0.346 e. The SMILES string of the molecule is CC(C)[C@H](C)SCC(=O)NCC(=O)N1CCCC1. The van der Waals surface area contributed by atoms with Gasteiger partial charge in [0.1, 0.15) is 0 Å². The molecule has 4 nitrogen and oxygen atoms in total. The molecule has 1 fully saturated rings. The molecule has 1 atom stereocenters. The molecule has 1 saturated heterocycles. The number of hydrogen-bond donors (Lipinski definition) is 1. The van der Waals surface area contributed by atoms with Gasteiger partial charge in [0.2, 0.25) is 11.8 Å². The molecule has 1 N–H and O–H groups in total. The number of amides is 2. The first kappa shape index (κ1) is 15.3. The lowest BCUT2D eigenvalue weighted by Crippen LogP contribution is -2.39. The molecular formula is C13H24N2O2S. The van der Waals surface area contributed by atoms with Crippen molar-refractivity contribution in [2.24, 2.45) is 5.92 Å². The Morgan fingerprint density at radius 2 is 1.83 bits per heavy atom. The number of thioether (sulfide) groups is 1. The monoisotopic (exact) mass is 272 g/mol. The van der Waals surface area contributed by atoms with Crippen LogP contribution in [0.3, 0.4) is 0 Å². The molecule has 0 aromatic rings. The smallest absolute Gasteiger partial charge is 0.241 e. The van der Waals surface area contributed by atoms with Gasteiger partial charge in [-0.1, -0.05) is 20.8 Å². The molecule has 2 amide bonds. The van der Waals surface area contributed by atoms with Crippen LogP contribution in [0, 0.1) is 5.92 Å². The van der Waals surface area contributed by atoms with E-state index in [4.69, 9.17) is 0 Å². The first-order chi connectivity index (χ1) is 8.50. The minimum absolute atomic E-state index is 0.0416. The van der Waals surface area contributed by atoms with E-state index in [1.807, 2.05) is 4.90 Å². The maximum Gasteiger partial charge on any atom is 0.241 e. The first-order valence-electron chi connectivity index (χ1n) is 6.66. The van der Waals surface area contributed by atoms with Gasteiger partial charge in [-0.3, -0.25) is 9.59 Å². The Hall–Kier alpha value is -0.710. The molecule has 1 aliphatic heterocycles. The van der Waals surface area contributed by atoms with Crippen LogP contribution in [0.25, 0.3) is 0 Å². The standard InChI is InChI=1S/C13H24N2O2S/c1-10(2)11(3)18-9-12(16)14-8-13(17)15-6-4-5-7-15/h10-11H,4-9H2,1-3H3,(H,14,16)/t11-/m0/s1. The van der Waals surface area contributed by atoms with Crippen molar-refractivity contribution in [3.05, 3.63) is 0 Å². The Labute approximate surface area is 114 Å². The molecule has 0 radical (unpaired) electrons. The summed E-state index contributed by atoms with van der Waals surface area (Å²) in [4.78, 5) is 25.1. The topological polar surface area (TPSA) is 49.4 Å². The van der Waals surface area contributed by atoms with Crippen LogP contribution in [0.1, 0.15) is 33.6 Å². The van der Waals surface area contributed by atoms with E-state index in [1.165, 1.54) is 0 Å². The van der Waals surface area contributed by atoms with Crippen LogP contribution in [0.15, 0.2) is 0 Å². The van der Waals surface area contributed by atoms with Crippen molar-refractivity contribution in [1.82, 2.24) is 10.2 Å². The molecule has 104 valence electrons. The van der Waals surface area contributed by atoms with Crippen LogP contribution < -0.4 is 5.32 Å². The van der Waals surface area contributed by atoms with Gasteiger partial charge in [0.25, 0.3) is 0 Å². The zero-order chi connectivity index (χ0) is 13.5. The van der Waals surface area contributed by atoms with Crippen molar-refractivity contribution in [2.45, 2.75) is 38.9 Å². The molecule has 1 rings (SSSR count). The van der Waals surface area contributed by atoms with E-state index < -0.39 is 0 Å². The Morgan fingerprint density at radius 1 is 1.22 bits per heavy atom. The summed E-state index contributed by atoms with van der Waals surface area (Å²) in [6.45, 7) is 8.24. The second kappa shape index (κ2) is 7.67. The highest BCUT2D eigenvalue weighted by atomic mass is 32.2. The first-order valence-corrected chi connectivity index (χ1v) is 7.71. The quantitative estimate of drug-likeness (QED) is 0.797. The molecule has 0 bridgehead atoms. The molecule has 18 heavy (non-hydrogen) atoms. The van der Waals surface area contributed by atoms with Crippen molar-refractivity contribution in [3.63, 3.8) is 0 Å². The van der Waals surface area contributed by atoms with Gasteiger partial charge in [-0.25, -0.2) is 0 Å². The highest BCUT2D eigenvalue weighted by molar-refractivity contribution is 8.00. The van der Waals surface area contributed by atoms with Gasteiger partial charge in [0.15, 0.2) is 0 Å². The van der Waals surface area contributed by atoms with Gasteiger partial charge in [-0.15, -0.1) is 11.8 Å².